The van der Waals surface area contributed by atoms with Crippen LogP contribution >= 0.6 is 0 Å². The molecule has 0 aromatic heterocycles. The molecular formula is C56H108O6. The van der Waals surface area contributed by atoms with Gasteiger partial charge in [-0.05, 0) is 25.2 Å². The smallest absolute Gasteiger partial charge is 0.306 e. The number of carbonyl (C=O) groups excluding carboxylic acids is 3. The third kappa shape index (κ3) is 49.4. The summed E-state index contributed by atoms with van der Waals surface area (Å²) in [5.74, 6) is 0.00382. The minimum absolute atomic E-state index is 0.0633. The first kappa shape index (κ1) is 60.4. The average Bonchev–Trinajstić information content (AvgIpc) is 3.26. The van der Waals surface area contributed by atoms with E-state index in [9.17, 15) is 14.4 Å². The van der Waals surface area contributed by atoms with Gasteiger partial charge < -0.3 is 14.2 Å². The second-order valence-electron chi connectivity index (χ2n) is 19.7. The Labute approximate surface area is 387 Å². The van der Waals surface area contributed by atoms with E-state index >= 15 is 0 Å². The van der Waals surface area contributed by atoms with Crippen LogP contribution in [0.15, 0.2) is 0 Å². The van der Waals surface area contributed by atoms with Crippen molar-refractivity contribution in [3.05, 3.63) is 0 Å². The van der Waals surface area contributed by atoms with Crippen LogP contribution in [0.1, 0.15) is 317 Å². The van der Waals surface area contributed by atoms with Gasteiger partial charge in [0.05, 0.1) is 0 Å². The molecule has 0 N–H and O–H groups in total. The van der Waals surface area contributed by atoms with E-state index in [2.05, 4.69) is 27.7 Å². The van der Waals surface area contributed by atoms with Crippen molar-refractivity contribution >= 4 is 17.9 Å². The molecule has 368 valence electrons. The largest absolute Gasteiger partial charge is 0.462 e. The number of unbranched alkanes of at least 4 members (excludes halogenated alkanes) is 38. The van der Waals surface area contributed by atoms with E-state index in [1.807, 2.05) is 0 Å². The second kappa shape index (κ2) is 50.4. The normalized spacial score (nSPS) is 12.0. The standard InChI is InChI=1S/C56H108O6/c1-5-7-9-11-12-13-14-15-16-17-21-24-27-30-33-36-40-44-48-55(58)61-51-53(50-60-54(57)47-43-38-10-8-6-2)62-56(59)49-45-41-37-34-31-28-25-22-19-18-20-23-26-29-32-35-39-42-46-52(3)4/h52-53H,5-51H2,1-4H3/t53-/m1/s1. The maximum absolute atomic E-state index is 12.8. The zero-order valence-electron chi connectivity index (χ0n) is 42.3. The summed E-state index contributed by atoms with van der Waals surface area (Å²) in [6.07, 6.45) is 54.2. The quantitative estimate of drug-likeness (QED) is 0.0344. The highest BCUT2D eigenvalue weighted by molar-refractivity contribution is 5.71. The number of hydrogen-bond acceptors (Lipinski definition) is 6. The van der Waals surface area contributed by atoms with Gasteiger partial charge in [-0.15, -0.1) is 0 Å². The molecule has 0 heterocycles. The lowest BCUT2D eigenvalue weighted by atomic mass is 10.0. The van der Waals surface area contributed by atoms with E-state index in [1.165, 1.54) is 205 Å². The van der Waals surface area contributed by atoms with Crippen LogP contribution < -0.4 is 0 Å². The molecule has 0 amide bonds. The van der Waals surface area contributed by atoms with Crippen LogP contribution in [0.5, 0.6) is 0 Å². The fraction of sp³-hybridized carbons (Fsp3) is 0.946. The van der Waals surface area contributed by atoms with Crippen molar-refractivity contribution in [2.75, 3.05) is 13.2 Å². The average molecular weight is 877 g/mol. The minimum atomic E-state index is -0.759. The summed E-state index contributed by atoms with van der Waals surface area (Å²) in [5.41, 5.74) is 0. The summed E-state index contributed by atoms with van der Waals surface area (Å²) in [4.78, 5) is 37.7. The maximum Gasteiger partial charge on any atom is 0.306 e. The summed E-state index contributed by atoms with van der Waals surface area (Å²) >= 11 is 0. The van der Waals surface area contributed by atoms with Crippen LogP contribution in [-0.2, 0) is 28.6 Å². The molecule has 6 nitrogen and oxygen atoms in total. The molecule has 62 heavy (non-hydrogen) atoms. The Morgan fingerprint density at radius 3 is 0.790 bits per heavy atom. The fourth-order valence-electron chi connectivity index (χ4n) is 8.57. The predicted molar refractivity (Wildman–Crippen MR) is 266 cm³/mol. The van der Waals surface area contributed by atoms with Gasteiger partial charge in [-0.25, -0.2) is 0 Å². The number of hydrogen-bond donors (Lipinski definition) is 0. The van der Waals surface area contributed by atoms with Crippen molar-refractivity contribution in [3.63, 3.8) is 0 Å². The first-order valence-electron chi connectivity index (χ1n) is 27.9. The van der Waals surface area contributed by atoms with Crippen LogP contribution in [0.4, 0.5) is 0 Å². The summed E-state index contributed by atoms with van der Waals surface area (Å²) in [5, 5.41) is 0. The van der Waals surface area contributed by atoms with E-state index in [0.29, 0.717) is 19.3 Å². The highest BCUT2D eigenvalue weighted by atomic mass is 16.6. The Kier molecular flexibility index (Phi) is 49.1. The number of rotatable bonds is 51. The molecule has 0 aromatic rings. The monoisotopic (exact) mass is 877 g/mol. The van der Waals surface area contributed by atoms with Crippen LogP contribution in [0.3, 0.4) is 0 Å². The van der Waals surface area contributed by atoms with Gasteiger partial charge in [0.25, 0.3) is 0 Å². The molecule has 1 atom stereocenters. The zero-order valence-corrected chi connectivity index (χ0v) is 42.3. The molecule has 0 fully saturated rings. The third-order valence-corrected chi connectivity index (χ3v) is 12.8. The molecule has 0 aliphatic rings. The molecule has 0 saturated carbocycles. The summed E-state index contributed by atoms with van der Waals surface area (Å²) in [7, 11) is 0. The molecule has 0 radical (unpaired) electrons. The molecule has 0 aliphatic heterocycles. The van der Waals surface area contributed by atoms with E-state index in [1.54, 1.807) is 0 Å². The van der Waals surface area contributed by atoms with Gasteiger partial charge in [0.2, 0.25) is 0 Å². The second-order valence-corrected chi connectivity index (χ2v) is 19.7. The van der Waals surface area contributed by atoms with Crippen molar-refractivity contribution in [2.45, 2.75) is 323 Å². The Hall–Kier alpha value is -1.59. The molecule has 0 bridgehead atoms. The first-order chi connectivity index (χ1) is 30.4. The predicted octanol–water partition coefficient (Wildman–Crippen LogP) is 18.2. The van der Waals surface area contributed by atoms with Gasteiger partial charge in [0.15, 0.2) is 6.10 Å². The summed E-state index contributed by atoms with van der Waals surface area (Å²) in [6.45, 7) is 8.99. The molecule has 0 aliphatic carbocycles. The lowest BCUT2D eigenvalue weighted by Crippen LogP contribution is -2.30. The van der Waals surface area contributed by atoms with Crippen molar-refractivity contribution in [3.8, 4) is 0 Å². The topological polar surface area (TPSA) is 78.9 Å². The van der Waals surface area contributed by atoms with Crippen molar-refractivity contribution in [1.29, 1.82) is 0 Å². The van der Waals surface area contributed by atoms with Crippen molar-refractivity contribution in [2.24, 2.45) is 5.92 Å². The molecule has 0 rings (SSSR count). The first-order valence-corrected chi connectivity index (χ1v) is 27.9. The summed E-state index contributed by atoms with van der Waals surface area (Å²) in [6, 6.07) is 0. The SMILES string of the molecule is CCCCCCCCCCCCCCCCCCCCC(=O)OC[C@@H](COC(=O)CCCCCCC)OC(=O)CCCCCCCCCCCCCCCCCCCCC(C)C. The molecular weight excluding hydrogens is 769 g/mol. The molecule has 0 aromatic carbocycles. The number of ether oxygens (including phenoxy) is 3. The Bertz CT molecular complexity index is 933. The highest BCUT2D eigenvalue weighted by Crippen LogP contribution is 2.18. The van der Waals surface area contributed by atoms with Crippen molar-refractivity contribution < 1.29 is 28.6 Å². The van der Waals surface area contributed by atoms with E-state index in [0.717, 1.165) is 70.1 Å². The lowest BCUT2D eigenvalue weighted by molar-refractivity contribution is -0.167. The molecule has 6 heteroatoms. The van der Waals surface area contributed by atoms with Gasteiger partial charge in [-0.3, -0.25) is 14.4 Å². The van der Waals surface area contributed by atoms with Crippen LogP contribution in [0, 0.1) is 5.92 Å². The fourth-order valence-corrected chi connectivity index (χ4v) is 8.57. The van der Waals surface area contributed by atoms with Gasteiger partial charge in [-0.2, -0.15) is 0 Å². The third-order valence-electron chi connectivity index (χ3n) is 12.8. The highest BCUT2D eigenvalue weighted by Gasteiger charge is 2.19. The number of esters is 3. The van der Waals surface area contributed by atoms with Gasteiger partial charge >= 0.3 is 17.9 Å². The number of carbonyl (C=O) groups is 3. The lowest BCUT2D eigenvalue weighted by Gasteiger charge is -2.18. The minimum Gasteiger partial charge on any atom is -0.462 e. The van der Waals surface area contributed by atoms with Gasteiger partial charge in [-0.1, -0.05) is 278 Å². The summed E-state index contributed by atoms with van der Waals surface area (Å²) < 4.78 is 16.7. The van der Waals surface area contributed by atoms with E-state index in [-0.39, 0.29) is 31.1 Å². The molecule has 0 saturated heterocycles. The molecule has 0 spiro atoms. The Morgan fingerprint density at radius 2 is 0.532 bits per heavy atom. The Morgan fingerprint density at radius 1 is 0.306 bits per heavy atom. The van der Waals surface area contributed by atoms with E-state index in [4.69, 9.17) is 14.2 Å². The van der Waals surface area contributed by atoms with Gasteiger partial charge in [0.1, 0.15) is 13.2 Å². The zero-order chi connectivity index (χ0) is 45.2. The van der Waals surface area contributed by atoms with E-state index < -0.39 is 6.10 Å². The molecule has 0 unspecified atom stereocenters. The van der Waals surface area contributed by atoms with Crippen LogP contribution in [0.2, 0.25) is 0 Å². The van der Waals surface area contributed by atoms with Crippen LogP contribution in [-0.4, -0.2) is 37.2 Å². The van der Waals surface area contributed by atoms with Crippen LogP contribution in [0.25, 0.3) is 0 Å². The maximum atomic E-state index is 12.8. The Balaban J connectivity index is 4.05. The van der Waals surface area contributed by atoms with Crippen molar-refractivity contribution in [1.82, 2.24) is 0 Å². The van der Waals surface area contributed by atoms with Gasteiger partial charge in [0, 0.05) is 19.3 Å².